The highest BCUT2D eigenvalue weighted by atomic mass is 16.6. The van der Waals surface area contributed by atoms with E-state index in [9.17, 15) is 14.9 Å². The largest absolute Gasteiger partial charge is 0.393 e. The Kier molecular flexibility index (Phi) is 4.85. The van der Waals surface area contributed by atoms with Gasteiger partial charge >= 0.3 is 0 Å². The summed E-state index contributed by atoms with van der Waals surface area (Å²) >= 11 is 0. The molecule has 6 nitrogen and oxygen atoms in total. The standard InChI is InChI=1S/C20H15N3O3/c21-18-6-4-14(12-19(18)23(25)26)5-7-20(24)17-3-1-2-16(13-17)15-8-10-22-11-9-15/h1-13H,21H2/b7-5+. The van der Waals surface area contributed by atoms with Crippen molar-refractivity contribution in [2.75, 3.05) is 5.73 Å². The second kappa shape index (κ2) is 7.40. The molecule has 0 saturated heterocycles. The van der Waals surface area contributed by atoms with E-state index in [0.717, 1.165) is 11.1 Å². The van der Waals surface area contributed by atoms with Crippen LogP contribution in [-0.2, 0) is 0 Å². The molecule has 2 aromatic carbocycles. The molecule has 0 spiro atoms. The number of allylic oxidation sites excluding steroid dienone is 1. The first-order valence-corrected chi connectivity index (χ1v) is 7.81. The van der Waals surface area contributed by atoms with E-state index in [0.29, 0.717) is 11.1 Å². The molecule has 128 valence electrons. The molecule has 1 aromatic heterocycles. The molecule has 3 rings (SSSR count). The lowest BCUT2D eigenvalue weighted by molar-refractivity contribution is -0.383. The fourth-order valence-electron chi connectivity index (χ4n) is 2.49. The van der Waals surface area contributed by atoms with Gasteiger partial charge in [0.15, 0.2) is 5.78 Å². The average molecular weight is 345 g/mol. The number of aromatic nitrogens is 1. The van der Waals surface area contributed by atoms with Crippen molar-refractivity contribution in [1.82, 2.24) is 4.98 Å². The zero-order valence-electron chi connectivity index (χ0n) is 13.7. The summed E-state index contributed by atoms with van der Waals surface area (Å²) in [4.78, 5) is 26.8. The predicted molar refractivity (Wildman–Crippen MR) is 101 cm³/mol. The van der Waals surface area contributed by atoms with Crippen LogP contribution in [0.5, 0.6) is 0 Å². The summed E-state index contributed by atoms with van der Waals surface area (Å²) in [7, 11) is 0. The molecular formula is C20H15N3O3. The van der Waals surface area contributed by atoms with E-state index < -0.39 is 4.92 Å². The summed E-state index contributed by atoms with van der Waals surface area (Å²) in [5.41, 5.74) is 8.42. The molecule has 0 unspecified atom stereocenters. The highest BCUT2D eigenvalue weighted by Gasteiger charge is 2.11. The van der Waals surface area contributed by atoms with Gasteiger partial charge in [0.2, 0.25) is 0 Å². The highest BCUT2D eigenvalue weighted by molar-refractivity contribution is 6.07. The SMILES string of the molecule is Nc1ccc(/C=C/C(=O)c2cccc(-c3ccncc3)c2)cc1[N+](=O)[O-]. The molecule has 3 aromatic rings. The van der Waals surface area contributed by atoms with Crippen molar-refractivity contribution >= 4 is 23.2 Å². The number of hydrogen-bond donors (Lipinski definition) is 1. The number of nitrogens with zero attached hydrogens (tertiary/aromatic N) is 2. The smallest absolute Gasteiger partial charge is 0.292 e. The summed E-state index contributed by atoms with van der Waals surface area (Å²) < 4.78 is 0. The third-order valence-corrected chi connectivity index (χ3v) is 3.84. The first-order valence-electron chi connectivity index (χ1n) is 7.81. The number of ketones is 1. The quantitative estimate of drug-likeness (QED) is 0.246. The Bertz CT molecular complexity index is 998. The van der Waals surface area contributed by atoms with Crippen LogP contribution >= 0.6 is 0 Å². The maximum absolute atomic E-state index is 12.4. The maximum Gasteiger partial charge on any atom is 0.292 e. The van der Waals surface area contributed by atoms with Gasteiger partial charge in [0.25, 0.3) is 5.69 Å². The molecular weight excluding hydrogens is 330 g/mol. The van der Waals surface area contributed by atoms with Crippen LogP contribution in [0, 0.1) is 10.1 Å². The zero-order chi connectivity index (χ0) is 18.5. The first kappa shape index (κ1) is 17.0. The van der Waals surface area contributed by atoms with Crippen molar-refractivity contribution < 1.29 is 9.72 Å². The first-order chi connectivity index (χ1) is 12.5. The van der Waals surface area contributed by atoms with Crippen molar-refractivity contribution in [2.45, 2.75) is 0 Å². The van der Waals surface area contributed by atoms with Crippen molar-refractivity contribution in [3.05, 3.63) is 94.3 Å². The molecule has 2 N–H and O–H groups in total. The summed E-state index contributed by atoms with van der Waals surface area (Å²) in [6.45, 7) is 0. The molecule has 0 aliphatic rings. The second-order valence-electron chi connectivity index (χ2n) is 5.59. The molecule has 0 saturated carbocycles. The third-order valence-electron chi connectivity index (χ3n) is 3.84. The molecule has 0 bridgehead atoms. The summed E-state index contributed by atoms with van der Waals surface area (Å²) in [6, 6.07) is 15.4. The number of benzene rings is 2. The fourth-order valence-corrected chi connectivity index (χ4v) is 2.49. The molecule has 0 atom stereocenters. The molecule has 0 radical (unpaired) electrons. The summed E-state index contributed by atoms with van der Waals surface area (Å²) in [5.74, 6) is -0.194. The van der Waals surface area contributed by atoms with Gasteiger partial charge < -0.3 is 5.73 Å². The van der Waals surface area contributed by atoms with E-state index in [1.807, 2.05) is 24.3 Å². The van der Waals surface area contributed by atoms with Gasteiger partial charge in [-0.15, -0.1) is 0 Å². The van der Waals surface area contributed by atoms with Crippen molar-refractivity contribution in [1.29, 1.82) is 0 Å². The van der Waals surface area contributed by atoms with Crippen LogP contribution in [0.2, 0.25) is 0 Å². The van der Waals surface area contributed by atoms with Gasteiger partial charge in [0.1, 0.15) is 5.69 Å². The van der Waals surface area contributed by atoms with E-state index in [2.05, 4.69) is 4.98 Å². The van der Waals surface area contributed by atoms with Crippen LogP contribution in [0.25, 0.3) is 17.2 Å². The van der Waals surface area contributed by atoms with Gasteiger partial charge in [-0.05, 0) is 47.0 Å². The molecule has 0 aliphatic heterocycles. The molecule has 1 heterocycles. The Hall–Kier alpha value is -3.80. The Morgan fingerprint density at radius 3 is 2.54 bits per heavy atom. The number of carbonyl (C=O) groups is 1. The van der Waals surface area contributed by atoms with E-state index in [4.69, 9.17) is 5.73 Å². The third kappa shape index (κ3) is 3.81. The Morgan fingerprint density at radius 2 is 1.81 bits per heavy atom. The van der Waals surface area contributed by atoms with E-state index >= 15 is 0 Å². The monoisotopic (exact) mass is 345 g/mol. The van der Waals surface area contributed by atoms with Gasteiger partial charge in [-0.3, -0.25) is 19.9 Å². The lowest BCUT2D eigenvalue weighted by Crippen LogP contribution is -1.96. The van der Waals surface area contributed by atoms with Crippen LogP contribution in [-0.4, -0.2) is 15.7 Å². The van der Waals surface area contributed by atoms with Gasteiger partial charge in [0.05, 0.1) is 4.92 Å². The van der Waals surface area contributed by atoms with E-state index in [-0.39, 0.29) is 17.2 Å². The number of pyridine rings is 1. The summed E-state index contributed by atoms with van der Waals surface area (Å²) in [6.07, 6.45) is 6.31. The lowest BCUT2D eigenvalue weighted by atomic mass is 10.0. The van der Waals surface area contributed by atoms with Gasteiger partial charge in [-0.25, -0.2) is 0 Å². The Morgan fingerprint density at radius 1 is 1.04 bits per heavy atom. The van der Waals surface area contributed by atoms with Crippen LogP contribution in [0.1, 0.15) is 15.9 Å². The normalized spacial score (nSPS) is 10.8. The molecule has 26 heavy (non-hydrogen) atoms. The van der Waals surface area contributed by atoms with Gasteiger partial charge in [-0.1, -0.05) is 30.3 Å². The van der Waals surface area contributed by atoms with Gasteiger partial charge in [0, 0.05) is 24.0 Å². The van der Waals surface area contributed by atoms with E-state index in [1.165, 1.54) is 24.3 Å². The fraction of sp³-hybridized carbons (Fsp3) is 0. The minimum Gasteiger partial charge on any atom is -0.393 e. The maximum atomic E-state index is 12.4. The number of carbonyl (C=O) groups excluding carboxylic acids is 1. The summed E-state index contributed by atoms with van der Waals surface area (Å²) in [5, 5.41) is 10.9. The molecule has 0 fully saturated rings. The zero-order valence-corrected chi connectivity index (χ0v) is 13.7. The predicted octanol–water partition coefficient (Wildman–Crippen LogP) is 4.14. The number of rotatable bonds is 5. The number of nitrogens with two attached hydrogens (primary N) is 1. The van der Waals surface area contributed by atoms with Gasteiger partial charge in [-0.2, -0.15) is 0 Å². The molecule has 6 heteroatoms. The van der Waals surface area contributed by atoms with Crippen LogP contribution < -0.4 is 5.73 Å². The Balaban J connectivity index is 1.83. The van der Waals surface area contributed by atoms with Crippen molar-refractivity contribution in [2.24, 2.45) is 0 Å². The number of nitrogen functional groups attached to an aromatic ring is 1. The Labute approximate surface area is 149 Å². The number of nitro groups is 1. The highest BCUT2D eigenvalue weighted by Crippen LogP contribution is 2.23. The molecule has 0 amide bonds. The molecule has 0 aliphatic carbocycles. The van der Waals surface area contributed by atoms with Crippen molar-refractivity contribution in [3.63, 3.8) is 0 Å². The van der Waals surface area contributed by atoms with Crippen LogP contribution in [0.4, 0.5) is 11.4 Å². The lowest BCUT2D eigenvalue weighted by Gasteiger charge is -2.03. The minimum atomic E-state index is -0.549. The average Bonchev–Trinajstić information content (AvgIpc) is 2.67. The minimum absolute atomic E-state index is 0.0866. The van der Waals surface area contributed by atoms with Crippen LogP contribution in [0.3, 0.4) is 0 Å². The number of hydrogen-bond acceptors (Lipinski definition) is 5. The second-order valence-corrected chi connectivity index (χ2v) is 5.59. The number of anilines is 1. The number of nitro benzene ring substituents is 1. The van der Waals surface area contributed by atoms with E-state index in [1.54, 1.807) is 30.6 Å². The topological polar surface area (TPSA) is 99.1 Å². The van der Waals surface area contributed by atoms with Crippen molar-refractivity contribution in [3.8, 4) is 11.1 Å². The van der Waals surface area contributed by atoms with Crippen LogP contribution in [0.15, 0.2) is 73.1 Å².